The highest BCUT2D eigenvalue weighted by Gasteiger charge is 2.16. The van der Waals surface area contributed by atoms with Crippen molar-refractivity contribution >= 4 is 33.1 Å². The SMILES string of the molecule is COc1nc(N)cc(Nc2cc(N)ccc2S(=O)(=O)O)n1. The molecule has 0 radical (unpaired) electrons. The number of methoxy groups -OCH3 is 1. The van der Waals surface area contributed by atoms with Gasteiger partial charge in [-0.25, -0.2) is 0 Å². The third-order valence-corrected chi connectivity index (χ3v) is 3.36. The van der Waals surface area contributed by atoms with Crippen LogP contribution in [0.5, 0.6) is 6.01 Å². The largest absolute Gasteiger partial charge is 0.467 e. The Morgan fingerprint density at radius 2 is 1.95 bits per heavy atom. The first kappa shape index (κ1) is 14.8. The fourth-order valence-electron chi connectivity index (χ4n) is 1.61. The van der Waals surface area contributed by atoms with Crippen LogP contribution in [0.3, 0.4) is 0 Å². The summed E-state index contributed by atoms with van der Waals surface area (Å²) in [5, 5.41) is 2.71. The van der Waals surface area contributed by atoms with E-state index in [1.807, 2.05) is 0 Å². The monoisotopic (exact) mass is 311 g/mol. The van der Waals surface area contributed by atoms with Crippen LogP contribution in [0.15, 0.2) is 29.2 Å². The van der Waals surface area contributed by atoms with Gasteiger partial charge in [0.2, 0.25) is 0 Å². The molecule has 0 fully saturated rings. The van der Waals surface area contributed by atoms with Crippen LogP contribution in [-0.2, 0) is 10.1 Å². The van der Waals surface area contributed by atoms with Crippen molar-refractivity contribution in [2.24, 2.45) is 0 Å². The summed E-state index contributed by atoms with van der Waals surface area (Å²) < 4.78 is 36.7. The Bertz CT molecular complexity index is 778. The van der Waals surface area contributed by atoms with Gasteiger partial charge in [-0.05, 0) is 18.2 Å². The van der Waals surface area contributed by atoms with E-state index < -0.39 is 10.1 Å². The lowest BCUT2D eigenvalue weighted by atomic mass is 10.3. The van der Waals surface area contributed by atoms with Crippen LogP contribution < -0.4 is 21.5 Å². The van der Waals surface area contributed by atoms with Crippen LogP contribution >= 0.6 is 0 Å². The highest BCUT2D eigenvalue weighted by Crippen LogP contribution is 2.27. The Labute approximate surface area is 120 Å². The molecule has 0 aliphatic heterocycles. The predicted octanol–water partition coefficient (Wildman–Crippen LogP) is 0.640. The third-order valence-electron chi connectivity index (χ3n) is 2.45. The van der Waals surface area contributed by atoms with Crippen LogP contribution in [0.25, 0.3) is 0 Å². The van der Waals surface area contributed by atoms with Gasteiger partial charge in [0.05, 0.1) is 12.8 Å². The molecule has 112 valence electrons. The van der Waals surface area contributed by atoms with Gasteiger partial charge < -0.3 is 21.5 Å². The van der Waals surface area contributed by atoms with Crippen molar-refractivity contribution in [1.29, 1.82) is 0 Å². The maximum Gasteiger partial charge on any atom is 0.320 e. The van der Waals surface area contributed by atoms with Crippen molar-refractivity contribution in [3.05, 3.63) is 24.3 Å². The summed E-state index contributed by atoms with van der Waals surface area (Å²) >= 11 is 0. The number of ether oxygens (including phenoxy) is 1. The smallest absolute Gasteiger partial charge is 0.320 e. The molecule has 0 saturated heterocycles. The van der Waals surface area contributed by atoms with Crippen LogP contribution in [0.1, 0.15) is 0 Å². The molecule has 0 spiro atoms. The number of nitrogen functional groups attached to an aromatic ring is 2. The molecule has 0 unspecified atom stereocenters. The van der Waals surface area contributed by atoms with E-state index in [1.165, 1.54) is 31.4 Å². The summed E-state index contributed by atoms with van der Waals surface area (Å²) in [6.45, 7) is 0. The van der Waals surface area contributed by atoms with E-state index in [0.29, 0.717) is 5.69 Å². The fourth-order valence-corrected chi connectivity index (χ4v) is 2.23. The van der Waals surface area contributed by atoms with E-state index >= 15 is 0 Å². The van der Waals surface area contributed by atoms with Gasteiger partial charge in [0, 0.05) is 11.8 Å². The Hall–Kier alpha value is -2.59. The zero-order valence-electron chi connectivity index (χ0n) is 10.9. The van der Waals surface area contributed by atoms with E-state index in [-0.39, 0.29) is 28.2 Å². The standard InChI is InChI=1S/C11H13N5O4S/c1-20-11-15-9(13)5-10(16-11)14-7-4-6(12)2-3-8(7)21(17,18)19/h2-5H,12H2,1H3,(H,17,18,19)(H3,13,14,15,16). The second kappa shape index (κ2) is 5.42. The van der Waals surface area contributed by atoms with Gasteiger partial charge in [-0.15, -0.1) is 0 Å². The number of hydrogen-bond acceptors (Lipinski definition) is 8. The van der Waals surface area contributed by atoms with Crippen molar-refractivity contribution in [2.75, 3.05) is 23.9 Å². The lowest BCUT2D eigenvalue weighted by Crippen LogP contribution is -2.06. The van der Waals surface area contributed by atoms with Crippen molar-refractivity contribution in [3.8, 4) is 6.01 Å². The first-order valence-electron chi connectivity index (χ1n) is 5.62. The van der Waals surface area contributed by atoms with E-state index in [0.717, 1.165) is 0 Å². The first-order chi connectivity index (χ1) is 9.79. The number of hydrogen-bond donors (Lipinski definition) is 4. The molecule has 10 heteroatoms. The fraction of sp³-hybridized carbons (Fsp3) is 0.0909. The van der Waals surface area contributed by atoms with E-state index in [9.17, 15) is 13.0 Å². The molecule has 0 aliphatic rings. The predicted molar refractivity (Wildman–Crippen MR) is 76.9 cm³/mol. The van der Waals surface area contributed by atoms with Crippen molar-refractivity contribution in [1.82, 2.24) is 9.97 Å². The zero-order chi connectivity index (χ0) is 15.6. The van der Waals surface area contributed by atoms with Crippen LogP contribution in [-0.4, -0.2) is 30.0 Å². The second-order valence-electron chi connectivity index (χ2n) is 4.02. The molecule has 2 aromatic rings. The summed E-state index contributed by atoms with van der Waals surface area (Å²) in [6.07, 6.45) is 0. The number of nitrogens with two attached hydrogens (primary N) is 2. The van der Waals surface area contributed by atoms with Gasteiger partial charge in [-0.2, -0.15) is 18.4 Å². The van der Waals surface area contributed by atoms with Gasteiger partial charge in [0.1, 0.15) is 16.5 Å². The van der Waals surface area contributed by atoms with Gasteiger partial charge in [-0.3, -0.25) is 4.55 Å². The van der Waals surface area contributed by atoms with E-state index in [2.05, 4.69) is 15.3 Å². The summed E-state index contributed by atoms with van der Waals surface area (Å²) in [7, 11) is -3.06. The highest BCUT2D eigenvalue weighted by molar-refractivity contribution is 7.86. The summed E-state index contributed by atoms with van der Waals surface area (Å²) in [6, 6.07) is 5.25. The van der Waals surface area contributed by atoms with Crippen LogP contribution in [0.4, 0.5) is 23.0 Å². The maximum absolute atomic E-state index is 11.3. The molecule has 6 N–H and O–H groups in total. The molecule has 0 amide bonds. The Morgan fingerprint density at radius 1 is 1.24 bits per heavy atom. The highest BCUT2D eigenvalue weighted by atomic mass is 32.2. The minimum Gasteiger partial charge on any atom is -0.467 e. The molecule has 0 aliphatic carbocycles. The molecule has 2 rings (SSSR count). The van der Waals surface area contributed by atoms with Gasteiger partial charge in [0.15, 0.2) is 0 Å². The van der Waals surface area contributed by atoms with Crippen molar-refractivity contribution < 1.29 is 17.7 Å². The molecule has 0 saturated carbocycles. The number of rotatable bonds is 4. The number of nitrogens with one attached hydrogen (secondary N) is 1. The van der Waals surface area contributed by atoms with Gasteiger partial charge >= 0.3 is 6.01 Å². The van der Waals surface area contributed by atoms with Crippen molar-refractivity contribution in [3.63, 3.8) is 0 Å². The van der Waals surface area contributed by atoms with Crippen LogP contribution in [0.2, 0.25) is 0 Å². The molecular weight excluding hydrogens is 298 g/mol. The van der Waals surface area contributed by atoms with Gasteiger partial charge in [0.25, 0.3) is 10.1 Å². The quantitative estimate of drug-likeness (QED) is 0.470. The van der Waals surface area contributed by atoms with E-state index in [4.69, 9.17) is 16.2 Å². The number of aromatic nitrogens is 2. The molecule has 0 atom stereocenters. The first-order valence-corrected chi connectivity index (χ1v) is 7.06. The molecule has 9 nitrogen and oxygen atoms in total. The maximum atomic E-state index is 11.3. The second-order valence-corrected chi connectivity index (χ2v) is 5.41. The number of benzene rings is 1. The molecule has 21 heavy (non-hydrogen) atoms. The molecule has 0 bridgehead atoms. The molecule has 1 heterocycles. The third kappa shape index (κ3) is 3.49. The average Bonchev–Trinajstić information content (AvgIpc) is 2.36. The Balaban J connectivity index is 2.49. The summed E-state index contributed by atoms with van der Waals surface area (Å²) in [4.78, 5) is 7.41. The Morgan fingerprint density at radius 3 is 2.57 bits per heavy atom. The molecule has 1 aromatic carbocycles. The van der Waals surface area contributed by atoms with E-state index in [1.54, 1.807) is 0 Å². The minimum atomic E-state index is -4.42. The normalized spacial score (nSPS) is 11.1. The average molecular weight is 311 g/mol. The Kier molecular flexibility index (Phi) is 3.82. The lowest BCUT2D eigenvalue weighted by Gasteiger charge is -2.11. The zero-order valence-corrected chi connectivity index (χ0v) is 11.8. The number of anilines is 4. The van der Waals surface area contributed by atoms with Gasteiger partial charge in [-0.1, -0.05) is 0 Å². The topological polar surface area (TPSA) is 153 Å². The molecule has 1 aromatic heterocycles. The molecular formula is C11H13N5O4S. The number of nitrogens with zero attached hydrogens (tertiary/aromatic N) is 2. The minimum absolute atomic E-state index is 0.00908. The lowest BCUT2D eigenvalue weighted by molar-refractivity contribution is 0.381. The van der Waals surface area contributed by atoms with Crippen LogP contribution in [0, 0.1) is 0 Å². The summed E-state index contributed by atoms with van der Waals surface area (Å²) in [5.74, 6) is 0.316. The van der Waals surface area contributed by atoms with Crippen molar-refractivity contribution in [2.45, 2.75) is 4.90 Å². The summed E-state index contributed by atoms with van der Waals surface area (Å²) in [5.41, 5.74) is 11.5.